The van der Waals surface area contributed by atoms with Crippen LogP contribution in [-0.2, 0) is 0 Å². The lowest BCUT2D eigenvalue weighted by Crippen LogP contribution is -2.16. The summed E-state index contributed by atoms with van der Waals surface area (Å²) in [5.41, 5.74) is 7.74. The van der Waals surface area contributed by atoms with Gasteiger partial charge in [0.15, 0.2) is 0 Å². The van der Waals surface area contributed by atoms with Crippen LogP contribution in [0.1, 0.15) is 30.9 Å². The fraction of sp³-hybridized carbons (Fsp3) is 0.538. The van der Waals surface area contributed by atoms with E-state index < -0.39 is 0 Å². The molecule has 0 saturated heterocycles. The van der Waals surface area contributed by atoms with E-state index >= 15 is 0 Å². The summed E-state index contributed by atoms with van der Waals surface area (Å²) in [7, 11) is 0. The molecule has 0 spiro atoms. The summed E-state index contributed by atoms with van der Waals surface area (Å²) in [4.78, 5) is 0. The van der Waals surface area contributed by atoms with Crippen molar-refractivity contribution in [3.8, 4) is 5.75 Å². The van der Waals surface area contributed by atoms with Crippen LogP contribution in [0.25, 0.3) is 0 Å². The van der Waals surface area contributed by atoms with E-state index in [1.165, 1.54) is 0 Å². The van der Waals surface area contributed by atoms with E-state index in [2.05, 4.69) is 0 Å². The van der Waals surface area contributed by atoms with Crippen LogP contribution in [0, 0.1) is 6.92 Å². The van der Waals surface area contributed by atoms with Crippen LogP contribution in [0.3, 0.4) is 0 Å². The topological polar surface area (TPSA) is 55.5 Å². The Morgan fingerprint density at radius 3 is 2.50 bits per heavy atom. The average Bonchev–Trinajstić information content (AvgIpc) is 2.23. The van der Waals surface area contributed by atoms with Gasteiger partial charge in [-0.25, -0.2) is 0 Å². The molecule has 1 atom stereocenters. The van der Waals surface area contributed by atoms with Crippen LogP contribution in [0.4, 0.5) is 0 Å². The second kappa shape index (κ2) is 5.87. The predicted molar refractivity (Wildman–Crippen MR) is 65.8 cm³/mol. The van der Waals surface area contributed by atoms with Gasteiger partial charge in [0.1, 0.15) is 5.75 Å². The minimum Gasteiger partial charge on any atom is -0.491 e. The van der Waals surface area contributed by atoms with Crippen molar-refractivity contribution in [2.75, 3.05) is 13.2 Å². The Labute approximate surface area is 97.2 Å². The maximum Gasteiger partial charge on any atom is 0.122 e. The third-order valence-corrected chi connectivity index (χ3v) is 2.54. The first-order valence-corrected chi connectivity index (χ1v) is 5.66. The molecule has 0 aliphatic carbocycles. The van der Waals surface area contributed by atoms with Crippen LogP contribution in [0.15, 0.2) is 18.2 Å². The molecule has 0 aliphatic heterocycles. The van der Waals surface area contributed by atoms with Crippen molar-refractivity contribution in [3.63, 3.8) is 0 Å². The predicted octanol–water partition coefficient (Wildman–Crippen LogP) is 1.82. The molecular weight excluding hydrogens is 202 g/mol. The third-order valence-electron chi connectivity index (χ3n) is 2.54. The molecule has 0 aromatic heterocycles. The van der Waals surface area contributed by atoms with E-state index in [-0.39, 0.29) is 18.6 Å². The van der Waals surface area contributed by atoms with Gasteiger partial charge in [0.05, 0.1) is 12.7 Å². The third kappa shape index (κ3) is 3.22. The van der Waals surface area contributed by atoms with E-state index in [1.807, 2.05) is 39.0 Å². The Morgan fingerprint density at radius 1 is 1.38 bits per heavy atom. The number of hydrogen-bond donors (Lipinski definition) is 2. The van der Waals surface area contributed by atoms with Crippen LogP contribution >= 0.6 is 0 Å². The summed E-state index contributed by atoms with van der Waals surface area (Å²) in [5.74, 6) is 0.916. The van der Waals surface area contributed by atoms with Crippen LogP contribution in [0.5, 0.6) is 5.75 Å². The highest BCUT2D eigenvalue weighted by Crippen LogP contribution is 2.24. The molecule has 0 aliphatic rings. The Kier molecular flexibility index (Phi) is 4.77. The molecule has 0 amide bonds. The van der Waals surface area contributed by atoms with Crippen molar-refractivity contribution in [1.29, 1.82) is 0 Å². The number of aliphatic hydroxyl groups excluding tert-OH is 1. The van der Waals surface area contributed by atoms with Gasteiger partial charge in [-0.2, -0.15) is 0 Å². The number of hydrogen-bond acceptors (Lipinski definition) is 3. The Bertz CT molecular complexity index is 333. The van der Waals surface area contributed by atoms with Crippen molar-refractivity contribution >= 4 is 0 Å². The van der Waals surface area contributed by atoms with Gasteiger partial charge in [0.2, 0.25) is 0 Å². The molecule has 0 heterocycles. The number of aliphatic hydroxyl groups is 1. The first-order valence-electron chi connectivity index (χ1n) is 5.66. The summed E-state index contributed by atoms with van der Waals surface area (Å²) in [6, 6.07) is 5.95. The number of ether oxygens (including phenoxy) is 1. The molecule has 0 bridgehead atoms. The second-order valence-corrected chi connectivity index (χ2v) is 4.31. The minimum absolute atomic E-state index is 0.0202. The molecule has 0 radical (unpaired) electrons. The first kappa shape index (κ1) is 13.0. The smallest absolute Gasteiger partial charge is 0.122 e. The molecule has 16 heavy (non-hydrogen) atoms. The Morgan fingerprint density at radius 2 is 2.06 bits per heavy atom. The zero-order valence-corrected chi connectivity index (χ0v) is 10.2. The van der Waals surface area contributed by atoms with Crippen molar-refractivity contribution in [2.24, 2.45) is 5.73 Å². The largest absolute Gasteiger partial charge is 0.491 e. The van der Waals surface area contributed by atoms with Gasteiger partial charge in [-0.3, -0.25) is 0 Å². The number of aryl methyl sites for hydroxylation is 1. The van der Waals surface area contributed by atoms with E-state index in [4.69, 9.17) is 10.5 Å². The zero-order valence-electron chi connectivity index (χ0n) is 10.2. The highest BCUT2D eigenvalue weighted by atomic mass is 16.5. The van der Waals surface area contributed by atoms with Gasteiger partial charge in [0, 0.05) is 12.5 Å². The molecule has 0 fully saturated rings. The molecule has 1 aromatic carbocycles. The van der Waals surface area contributed by atoms with Gasteiger partial charge < -0.3 is 15.6 Å². The second-order valence-electron chi connectivity index (χ2n) is 4.31. The van der Waals surface area contributed by atoms with Crippen molar-refractivity contribution in [2.45, 2.75) is 32.8 Å². The normalized spacial score (nSPS) is 12.9. The monoisotopic (exact) mass is 223 g/mol. The van der Waals surface area contributed by atoms with E-state index in [0.717, 1.165) is 16.9 Å². The SMILES string of the molecule is Cc1cc(C(CN)CO)ccc1OC(C)C. The maximum atomic E-state index is 9.17. The van der Waals surface area contributed by atoms with Crippen molar-refractivity contribution < 1.29 is 9.84 Å². The number of benzene rings is 1. The van der Waals surface area contributed by atoms with Gasteiger partial charge in [0.25, 0.3) is 0 Å². The average molecular weight is 223 g/mol. The number of rotatable bonds is 5. The molecule has 0 saturated carbocycles. The lowest BCUT2D eigenvalue weighted by molar-refractivity contribution is 0.240. The molecule has 90 valence electrons. The van der Waals surface area contributed by atoms with Crippen molar-refractivity contribution in [1.82, 2.24) is 0 Å². The fourth-order valence-corrected chi connectivity index (χ4v) is 1.63. The lowest BCUT2D eigenvalue weighted by atomic mass is 9.98. The zero-order chi connectivity index (χ0) is 12.1. The summed E-state index contributed by atoms with van der Waals surface area (Å²) in [6.07, 6.45) is 0.174. The van der Waals surface area contributed by atoms with Gasteiger partial charge in [-0.15, -0.1) is 0 Å². The highest BCUT2D eigenvalue weighted by Gasteiger charge is 2.10. The molecule has 3 N–H and O–H groups in total. The lowest BCUT2D eigenvalue weighted by Gasteiger charge is -2.16. The van der Waals surface area contributed by atoms with Crippen LogP contribution in [0.2, 0.25) is 0 Å². The van der Waals surface area contributed by atoms with E-state index in [1.54, 1.807) is 0 Å². The van der Waals surface area contributed by atoms with Crippen LogP contribution < -0.4 is 10.5 Å². The fourth-order valence-electron chi connectivity index (χ4n) is 1.63. The molecule has 3 heteroatoms. The standard InChI is InChI=1S/C13H21NO2/c1-9(2)16-13-5-4-11(6-10(13)3)12(7-14)8-15/h4-6,9,12,15H,7-8,14H2,1-3H3. The quantitative estimate of drug-likeness (QED) is 0.800. The van der Waals surface area contributed by atoms with E-state index in [9.17, 15) is 5.11 Å². The summed E-state index contributed by atoms with van der Waals surface area (Å²) >= 11 is 0. The van der Waals surface area contributed by atoms with Gasteiger partial charge in [-0.1, -0.05) is 12.1 Å². The van der Waals surface area contributed by atoms with Gasteiger partial charge >= 0.3 is 0 Å². The van der Waals surface area contributed by atoms with Gasteiger partial charge in [-0.05, 0) is 38.0 Å². The van der Waals surface area contributed by atoms with Crippen LogP contribution in [-0.4, -0.2) is 24.4 Å². The minimum atomic E-state index is 0.0202. The molecule has 1 unspecified atom stereocenters. The summed E-state index contributed by atoms with van der Waals surface area (Å²) < 4.78 is 5.65. The Hall–Kier alpha value is -1.06. The van der Waals surface area contributed by atoms with Crippen molar-refractivity contribution in [3.05, 3.63) is 29.3 Å². The first-order chi connectivity index (χ1) is 7.58. The van der Waals surface area contributed by atoms with E-state index in [0.29, 0.717) is 6.54 Å². The highest BCUT2D eigenvalue weighted by molar-refractivity contribution is 5.37. The molecule has 1 aromatic rings. The Balaban J connectivity index is 2.89. The summed E-state index contributed by atoms with van der Waals surface area (Å²) in [6.45, 7) is 6.56. The summed E-state index contributed by atoms with van der Waals surface area (Å²) in [5, 5.41) is 9.17. The maximum absolute atomic E-state index is 9.17. The number of nitrogens with two attached hydrogens (primary N) is 1. The molecule has 3 nitrogen and oxygen atoms in total. The molecular formula is C13H21NO2. The molecule has 1 rings (SSSR count).